The Balaban J connectivity index is 1.79. The Labute approximate surface area is 160 Å². The highest BCUT2D eigenvalue weighted by Crippen LogP contribution is 2.40. The highest BCUT2D eigenvalue weighted by atomic mass is 16.5. The predicted molar refractivity (Wildman–Crippen MR) is 108 cm³/mol. The van der Waals surface area contributed by atoms with Gasteiger partial charge in [-0.1, -0.05) is 38.5 Å². The van der Waals surface area contributed by atoms with Crippen LogP contribution in [0.5, 0.6) is 5.75 Å². The van der Waals surface area contributed by atoms with Gasteiger partial charge < -0.3 is 9.15 Å². The lowest BCUT2D eigenvalue weighted by Gasteiger charge is -2.22. The molecule has 3 heteroatoms. The molecule has 0 aliphatic heterocycles. The van der Waals surface area contributed by atoms with E-state index in [9.17, 15) is 4.79 Å². The van der Waals surface area contributed by atoms with Crippen LogP contribution in [0.15, 0.2) is 40.8 Å². The minimum Gasteiger partial charge on any atom is -0.461 e. The summed E-state index contributed by atoms with van der Waals surface area (Å²) in [5, 5.41) is 1.09. The van der Waals surface area contributed by atoms with Gasteiger partial charge in [0.1, 0.15) is 17.1 Å². The van der Waals surface area contributed by atoms with Crippen molar-refractivity contribution in [1.29, 1.82) is 0 Å². The van der Waals surface area contributed by atoms with Crippen molar-refractivity contribution in [2.24, 2.45) is 0 Å². The third-order valence-electron chi connectivity index (χ3n) is 5.36. The molecule has 0 amide bonds. The summed E-state index contributed by atoms with van der Waals surface area (Å²) >= 11 is 0. The number of hydrogen-bond donors (Lipinski definition) is 0. The molecule has 2 aromatic carbocycles. The highest BCUT2D eigenvalue weighted by molar-refractivity contribution is 5.93. The van der Waals surface area contributed by atoms with E-state index in [0.29, 0.717) is 11.3 Å². The topological polar surface area (TPSA) is 39.4 Å². The number of esters is 1. The summed E-state index contributed by atoms with van der Waals surface area (Å²) in [6.45, 7) is 8.38. The molecule has 0 radical (unpaired) electrons. The summed E-state index contributed by atoms with van der Waals surface area (Å²) in [4.78, 5) is 12.7. The van der Waals surface area contributed by atoms with Crippen molar-refractivity contribution in [3.63, 3.8) is 0 Å². The van der Waals surface area contributed by atoms with Crippen LogP contribution in [0, 0.1) is 6.92 Å². The Morgan fingerprint density at radius 2 is 1.74 bits per heavy atom. The largest absolute Gasteiger partial charge is 0.461 e. The lowest BCUT2D eigenvalue weighted by molar-refractivity contribution is 0.0732. The van der Waals surface area contributed by atoms with E-state index < -0.39 is 0 Å². The van der Waals surface area contributed by atoms with E-state index >= 15 is 0 Å². The molecule has 4 rings (SSSR count). The van der Waals surface area contributed by atoms with Gasteiger partial charge >= 0.3 is 5.97 Å². The minimum atomic E-state index is -0.322. The Bertz CT molecular complexity index is 1000. The number of hydrogen-bond acceptors (Lipinski definition) is 3. The fourth-order valence-corrected chi connectivity index (χ4v) is 3.81. The lowest BCUT2D eigenvalue weighted by atomic mass is 9.85. The summed E-state index contributed by atoms with van der Waals surface area (Å²) in [6.07, 6.45) is 4.38. The molecule has 0 unspecified atom stereocenters. The average Bonchev–Trinajstić information content (AvgIpc) is 2.98. The minimum absolute atomic E-state index is 0.162. The van der Waals surface area contributed by atoms with Crippen LogP contribution in [0.1, 0.15) is 66.4 Å². The highest BCUT2D eigenvalue weighted by Gasteiger charge is 2.26. The monoisotopic (exact) mass is 362 g/mol. The molecule has 140 valence electrons. The van der Waals surface area contributed by atoms with Gasteiger partial charge in [0.25, 0.3) is 0 Å². The van der Waals surface area contributed by atoms with Gasteiger partial charge in [-0.25, -0.2) is 4.79 Å². The van der Waals surface area contributed by atoms with Gasteiger partial charge in [-0.3, -0.25) is 0 Å². The first-order valence-corrected chi connectivity index (χ1v) is 9.70. The number of furan rings is 1. The molecule has 0 spiro atoms. The number of carbonyl (C=O) groups excluding carboxylic acids is 1. The van der Waals surface area contributed by atoms with Crippen LogP contribution in [0.25, 0.3) is 11.0 Å². The first-order chi connectivity index (χ1) is 12.8. The standard InChI is InChI=1S/C24H26O3/c1-15-9-11-16(12-10-15)23(25)27-22-13-18-17-7-5-6-8-20(17)26-21(18)14-19(22)24(2,3)4/h9-14H,5-8H2,1-4H3. The third-order valence-corrected chi connectivity index (χ3v) is 5.36. The van der Waals surface area contributed by atoms with Crippen molar-refractivity contribution >= 4 is 16.9 Å². The van der Waals surface area contributed by atoms with Gasteiger partial charge in [0.05, 0.1) is 5.56 Å². The number of aryl methyl sites for hydroxylation is 3. The SMILES string of the molecule is Cc1ccc(C(=O)Oc2cc3c4c(oc3cc2C(C)(C)C)CCCC4)cc1. The molecule has 0 saturated carbocycles. The van der Waals surface area contributed by atoms with Gasteiger partial charge in [-0.15, -0.1) is 0 Å². The maximum Gasteiger partial charge on any atom is 0.343 e. The third kappa shape index (κ3) is 3.39. The second-order valence-electron chi connectivity index (χ2n) is 8.56. The number of benzene rings is 2. The zero-order valence-electron chi connectivity index (χ0n) is 16.5. The molecular weight excluding hydrogens is 336 g/mol. The molecule has 0 atom stereocenters. The van der Waals surface area contributed by atoms with E-state index in [-0.39, 0.29) is 11.4 Å². The molecular formula is C24H26O3. The summed E-state index contributed by atoms with van der Waals surface area (Å²) in [7, 11) is 0. The molecule has 1 aliphatic carbocycles. The zero-order valence-corrected chi connectivity index (χ0v) is 16.5. The van der Waals surface area contributed by atoms with E-state index in [1.165, 1.54) is 18.4 Å². The van der Waals surface area contributed by atoms with E-state index in [2.05, 4.69) is 26.8 Å². The van der Waals surface area contributed by atoms with Crippen LogP contribution in [0.3, 0.4) is 0 Å². The Morgan fingerprint density at radius 3 is 2.44 bits per heavy atom. The van der Waals surface area contributed by atoms with Crippen LogP contribution >= 0.6 is 0 Å². The molecule has 0 N–H and O–H groups in total. The summed E-state index contributed by atoms with van der Waals surface area (Å²) in [6, 6.07) is 11.5. The molecule has 27 heavy (non-hydrogen) atoms. The molecule has 0 bridgehead atoms. The van der Waals surface area contributed by atoms with E-state index in [4.69, 9.17) is 9.15 Å². The number of carbonyl (C=O) groups is 1. The zero-order chi connectivity index (χ0) is 19.2. The number of ether oxygens (including phenoxy) is 1. The van der Waals surface area contributed by atoms with Crippen molar-refractivity contribution in [3.05, 3.63) is 64.4 Å². The molecule has 3 aromatic rings. The van der Waals surface area contributed by atoms with E-state index in [1.54, 1.807) is 0 Å². The first kappa shape index (κ1) is 17.8. The van der Waals surface area contributed by atoms with Crippen molar-refractivity contribution < 1.29 is 13.9 Å². The van der Waals surface area contributed by atoms with Crippen LogP contribution < -0.4 is 4.74 Å². The van der Waals surface area contributed by atoms with Gasteiger partial charge in [0.2, 0.25) is 0 Å². The maximum absolute atomic E-state index is 12.7. The maximum atomic E-state index is 12.7. The second kappa shape index (κ2) is 6.56. The molecule has 1 heterocycles. The summed E-state index contributed by atoms with van der Waals surface area (Å²) < 4.78 is 12.0. The molecule has 0 fully saturated rings. The molecule has 0 saturated heterocycles. The van der Waals surface area contributed by atoms with Gasteiger partial charge in [-0.2, -0.15) is 0 Å². The normalized spacial score (nSPS) is 14.2. The van der Waals surface area contributed by atoms with Crippen molar-refractivity contribution in [3.8, 4) is 5.75 Å². The van der Waals surface area contributed by atoms with Crippen molar-refractivity contribution in [2.45, 2.75) is 58.8 Å². The Kier molecular flexibility index (Phi) is 4.33. The smallest absolute Gasteiger partial charge is 0.343 e. The lowest BCUT2D eigenvalue weighted by Crippen LogP contribution is -2.16. The van der Waals surface area contributed by atoms with Crippen molar-refractivity contribution in [2.75, 3.05) is 0 Å². The van der Waals surface area contributed by atoms with E-state index in [1.807, 2.05) is 37.3 Å². The Hall–Kier alpha value is -2.55. The van der Waals surface area contributed by atoms with Crippen LogP contribution in [-0.4, -0.2) is 5.97 Å². The summed E-state index contributed by atoms with van der Waals surface area (Å²) in [5.41, 5.74) is 4.70. The summed E-state index contributed by atoms with van der Waals surface area (Å²) in [5.74, 6) is 1.41. The van der Waals surface area contributed by atoms with Gasteiger partial charge in [0.15, 0.2) is 0 Å². The van der Waals surface area contributed by atoms with Crippen molar-refractivity contribution in [1.82, 2.24) is 0 Å². The predicted octanol–water partition coefficient (Wildman–Crippen LogP) is 6.14. The molecule has 1 aromatic heterocycles. The average molecular weight is 362 g/mol. The molecule has 1 aliphatic rings. The fraction of sp³-hybridized carbons (Fsp3) is 0.375. The quantitative estimate of drug-likeness (QED) is 0.406. The molecule has 3 nitrogen and oxygen atoms in total. The van der Waals surface area contributed by atoms with Crippen LogP contribution in [-0.2, 0) is 18.3 Å². The van der Waals surface area contributed by atoms with Crippen LogP contribution in [0.4, 0.5) is 0 Å². The number of rotatable bonds is 2. The van der Waals surface area contributed by atoms with E-state index in [0.717, 1.165) is 40.7 Å². The van der Waals surface area contributed by atoms with Gasteiger partial charge in [-0.05, 0) is 55.9 Å². The van der Waals surface area contributed by atoms with Gasteiger partial charge in [0, 0.05) is 22.9 Å². The number of fused-ring (bicyclic) bond motifs is 3. The Morgan fingerprint density at radius 1 is 1.04 bits per heavy atom. The fourth-order valence-electron chi connectivity index (χ4n) is 3.81. The second-order valence-corrected chi connectivity index (χ2v) is 8.56. The first-order valence-electron chi connectivity index (χ1n) is 9.70. The van der Waals surface area contributed by atoms with Crippen LogP contribution in [0.2, 0.25) is 0 Å².